The fourth-order valence-corrected chi connectivity index (χ4v) is 3.91. The second-order valence-corrected chi connectivity index (χ2v) is 7.54. The van der Waals surface area contributed by atoms with Crippen LogP contribution in [0.3, 0.4) is 0 Å². The van der Waals surface area contributed by atoms with Crippen LogP contribution in [-0.4, -0.2) is 47.7 Å². The first-order chi connectivity index (χ1) is 13.6. The standard InChI is InChI=1S/C22H26FNO4/c23-16-7-10-20-15(11-16)6-9-22(28-20)18(26)13-24-12-17(25)21-8-5-14-3-1-2-4-19(14)27-21/h1-4,7,10-11,17-18,21-22,24-26H,5-6,8-9,12-13H2/t17-,18+,21+,22+/m1/s1. The SMILES string of the molecule is O[C@H](CNC[C@H](O)[C@@H]1CCc2cc(F)ccc2O1)[C@@H]1CCc2ccccc2O1. The van der Waals surface area contributed by atoms with Gasteiger partial charge in [0.2, 0.25) is 0 Å². The van der Waals surface area contributed by atoms with Gasteiger partial charge in [-0.05, 0) is 61.1 Å². The Kier molecular flexibility index (Phi) is 5.80. The summed E-state index contributed by atoms with van der Waals surface area (Å²) in [6.45, 7) is 0.639. The number of benzene rings is 2. The first kappa shape index (κ1) is 19.2. The van der Waals surface area contributed by atoms with Crippen molar-refractivity contribution in [1.82, 2.24) is 5.32 Å². The molecule has 6 heteroatoms. The summed E-state index contributed by atoms with van der Waals surface area (Å²) < 4.78 is 25.0. The molecule has 4 atom stereocenters. The van der Waals surface area contributed by atoms with Crippen molar-refractivity contribution in [3.05, 3.63) is 59.4 Å². The summed E-state index contributed by atoms with van der Waals surface area (Å²) in [6.07, 6.45) is 0.984. The molecule has 2 aliphatic heterocycles. The van der Waals surface area contributed by atoms with Crippen LogP contribution < -0.4 is 14.8 Å². The smallest absolute Gasteiger partial charge is 0.126 e. The molecule has 0 spiro atoms. The number of nitrogens with one attached hydrogen (secondary N) is 1. The van der Waals surface area contributed by atoms with E-state index in [1.54, 1.807) is 6.07 Å². The number of para-hydroxylation sites is 1. The summed E-state index contributed by atoms with van der Waals surface area (Å²) in [5, 5.41) is 24.0. The molecule has 0 fully saturated rings. The van der Waals surface area contributed by atoms with Crippen LogP contribution in [-0.2, 0) is 12.8 Å². The van der Waals surface area contributed by atoms with Gasteiger partial charge >= 0.3 is 0 Å². The molecule has 2 aliphatic rings. The Morgan fingerprint density at radius 1 is 0.893 bits per heavy atom. The lowest BCUT2D eigenvalue weighted by molar-refractivity contribution is 0.00896. The van der Waals surface area contributed by atoms with Crippen molar-refractivity contribution in [3.63, 3.8) is 0 Å². The van der Waals surface area contributed by atoms with Crippen molar-refractivity contribution in [2.45, 2.75) is 50.1 Å². The molecule has 0 unspecified atom stereocenters. The van der Waals surface area contributed by atoms with Gasteiger partial charge in [0, 0.05) is 13.1 Å². The third kappa shape index (κ3) is 4.29. The molecule has 150 valence electrons. The highest BCUT2D eigenvalue weighted by Gasteiger charge is 2.28. The van der Waals surface area contributed by atoms with Gasteiger partial charge in [-0.3, -0.25) is 0 Å². The van der Waals surface area contributed by atoms with E-state index in [0.717, 1.165) is 24.2 Å². The largest absolute Gasteiger partial charge is 0.487 e. The predicted octanol–water partition coefficient (Wildman–Crippen LogP) is 2.22. The van der Waals surface area contributed by atoms with Gasteiger partial charge in [0.05, 0.1) is 0 Å². The van der Waals surface area contributed by atoms with Gasteiger partial charge in [0.1, 0.15) is 41.7 Å². The van der Waals surface area contributed by atoms with E-state index >= 15 is 0 Å². The molecule has 0 aliphatic carbocycles. The van der Waals surface area contributed by atoms with Gasteiger partial charge in [-0.1, -0.05) is 18.2 Å². The summed E-state index contributed by atoms with van der Waals surface area (Å²) in [6, 6.07) is 12.3. The van der Waals surface area contributed by atoms with E-state index in [-0.39, 0.29) is 18.0 Å². The third-order valence-electron chi connectivity index (χ3n) is 5.51. The second-order valence-electron chi connectivity index (χ2n) is 7.54. The number of aryl methyl sites for hydroxylation is 2. The fraction of sp³-hybridized carbons (Fsp3) is 0.455. The summed E-state index contributed by atoms with van der Waals surface area (Å²) in [5.74, 6) is 1.19. The molecule has 0 amide bonds. The Morgan fingerprint density at radius 2 is 1.50 bits per heavy atom. The lowest BCUT2D eigenvalue weighted by Crippen LogP contribution is -2.46. The normalized spacial score (nSPS) is 23.0. The molecule has 0 saturated carbocycles. The second kappa shape index (κ2) is 8.47. The van der Waals surface area contributed by atoms with Crippen LogP contribution in [0.4, 0.5) is 4.39 Å². The Hall–Kier alpha value is -2.15. The van der Waals surface area contributed by atoms with Crippen LogP contribution in [0, 0.1) is 5.82 Å². The minimum Gasteiger partial charge on any atom is -0.487 e. The van der Waals surface area contributed by atoms with Crippen LogP contribution in [0.15, 0.2) is 42.5 Å². The molecule has 28 heavy (non-hydrogen) atoms. The average molecular weight is 387 g/mol. The molecule has 0 saturated heterocycles. The van der Waals surface area contributed by atoms with Crippen molar-refractivity contribution >= 4 is 0 Å². The summed E-state index contributed by atoms with van der Waals surface area (Å²) in [7, 11) is 0. The van der Waals surface area contributed by atoms with Crippen LogP contribution in [0.25, 0.3) is 0 Å². The summed E-state index contributed by atoms with van der Waals surface area (Å²) in [4.78, 5) is 0. The molecular weight excluding hydrogens is 361 g/mol. The molecule has 4 rings (SSSR count). The first-order valence-electron chi connectivity index (χ1n) is 9.86. The van der Waals surface area contributed by atoms with Crippen molar-refractivity contribution < 1.29 is 24.1 Å². The molecule has 2 aromatic carbocycles. The molecule has 5 nitrogen and oxygen atoms in total. The highest BCUT2D eigenvalue weighted by Crippen LogP contribution is 2.30. The number of halogens is 1. The number of hydrogen-bond acceptors (Lipinski definition) is 5. The number of hydrogen-bond donors (Lipinski definition) is 3. The maximum Gasteiger partial charge on any atom is 0.126 e. The van der Waals surface area contributed by atoms with Gasteiger partial charge in [-0.2, -0.15) is 0 Å². The monoisotopic (exact) mass is 387 g/mol. The van der Waals surface area contributed by atoms with Crippen molar-refractivity contribution in [1.29, 1.82) is 0 Å². The fourth-order valence-electron chi connectivity index (χ4n) is 3.91. The quantitative estimate of drug-likeness (QED) is 0.709. The Balaban J connectivity index is 1.23. The van der Waals surface area contributed by atoms with E-state index in [2.05, 4.69) is 5.32 Å². The van der Waals surface area contributed by atoms with Gasteiger partial charge < -0.3 is 25.0 Å². The van der Waals surface area contributed by atoms with Crippen molar-refractivity contribution in [2.24, 2.45) is 0 Å². The zero-order chi connectivity index (χ0) is 19.5. The average Bonchev–Trinajstić information content (AvgIpc) is 2.72. The minimum atomic E-state index is -0.710. The Morgan fingerprint density at radius 3 is 2.21 bits per heavy atom. The molecule has 0 aromatic heterocycles. The molecule has 0 bridgehead atoms. The maximum absolute atomic E-state index is 13.3. The zero-order valence-corrected chi connectivity index (χ0v) is 15.7. The number of ether oxygens (including phenoxy) is 2. The topological polar surface area (TPSA) is 71.0 Å². The highest BCUT2D eigenvalue weighted by molar-refractivity contribution is 5.36. The third-order valence-corrected chi connectivity index (χ3v) is 5.51. The Labute approximate surface area is 164 Å². The van der Waals surface area contributed by atoms with Crippen LogP contribution in [0.2, 0.25) is 0 Å². The summed E-state index contributed by atoms with van der Waals surface area (Å²) in [5.41, 5.74) is 2.01. The van der Waals surface area contributed by atoms with Gasteiger partial charge in [-0.25, -0.2) is 4.39 Å². The van der Waals surface area contributed by atoms with E-state index in [4.69, 9.17) is 9.47 Å². The van der Waals surface area contributed by atoms with Gasteiger partial charge in [0.25, 0.3) is 0 Å². The summed E-state index contributed by atoms with van der Waals surface area (Å²) >= 11 is 0. The maximum atomic E-state index is 13.3. The number of aliphatic hydroxyl groups is 2. The number of rotatable bonds is 6. The molecule has 2 aromatic rings. The van der Waals surface area contributed by atoms with Crippen molar-refractivity contribution in [2.75, 3.05) is 13.1 Å². The first-order valence-corrected chi connectivity index (χ1v) is 9.86. The molecule has 0 radical (unpaired) electrons. The van der Waals surface area contributed by atoms with Crippen LogP contribution in [0.1, 0.15) is 24.0 Å². The van der Waals surface area contributed by atoms with E-state index in [1.165, 1.54) is 17.7 Å². The van der Waals surface area contributed by atoms with E-state index in [0.29, 0.717) is 31.7 Å². The van der Waals surface area contributed by atoms with Crippen LogP contribution >= 0.6 is 0 Å². The van der Waals surface area contributed by atoms with E-state index in [9.17, 15) is 14.6 Å². The zero-order valence-electron chi connectivity index (χ0n) is 15.7. The Bertz CT molecular complexity index is 815. The van der Waals surface area contributed by atoms with E-state index in [1.807, 2.05) is 24.3 Å². The molecular formula is C22H26FNO4. The number of fused-ring (bicyclic) bond motifs is 2. The lowest BCUT2D eigenvalue weighted by Gasteiger charge is -2.31. The van der Waals surface area contributed by atoms with Gasteiger partial charge in [-0.15, -0.1) is 0 Å². The van der Waals surface area contributed by atoms with E-state index < -0.39 is 12.2 Å². The van der Waals surface area contributed by atoms with Gasteiger partial charge in [0.15, 0.2) is 0 Å². The minimum absolute atomic E-state index is 0.257. The number of aliphatic hydroxyl groups excluding tert-OH is 2. The van der Waals surface area contributed by atoms with Crippen LogP contribution in [0.5, 0.6) is 11.5 Å². The van der Waals surface area contributed by atoms with Crippen molar-refractivity contribution in [3.8, 4) is 11.5 Å². The lowest BCUT2D eigenvalue weighted by atomic mass is 9.98. The predicted molar refractivity (Wildman–Crippen MR) is 103 cm³/mol. The molecule has 2 heterocycles. The highest BCUT2D eigenvalue weighted by atomic mass is 19.1. The molecule has 3 N–H and O–H groups in total.